The number of aryl methyl sites for hydroxylation is 1. The number of likely N-dealkylation sites (tertiary alicyclic amines) is 1. The summed E-state index contributed by atoms with van der Waals surface area (Å²) in [5.74, 6) is 0.0345. The Morgan fingerprint density at radius 1 is 1.08 bits per heavy atom. The number of carbonyl (C=O) groups excluding carboxylic acids is 2. The first-order chi connectivity index (χ1) is 12.1. The molecule has 6 nitrogen and oxygen atoms in total. The summed E-state index contributed by atoms with van der Waals surface area (Å²) in [6.45, 7) is 6.39. The summed E-state index contributed by atoms with van der Waals surface area (Å²) >= 11 is 0. The van der Waals surface area contributed by atoms with Crippen LogP contribution in [0, 0.1) is 6.92 Å². The topological polar surface area (TPSA) is 64.7 Å². The molecule has 0 unspecified atom stereocenters. The molecule has 1 aromatic carbocycles. The predicted molar refractivity (Wildman–Crippen MR) is 94.9 cm³/mol. The van der Waals surface area contributed by atoms with Gasteiger partial charge in [0.05, 0.1) is 23.9 Å². The van der Waals surface area contributed by atoms with E-state index in [4.69, 9.17) is 0 Å². The summed E-state index contributed by atoms with van der Waals surface area (Å²) in [5.41, 5.74) is 3.54. The van der Waals surface area contributed by atoms with Crippen molar-refractivity contribution in [1.82, 2.24) is 20.4 Å². The van der Waals surface area contributed by atoms with E-state index in [-0.39, 0.29) is 18.0 Å². The summed E-state index contributed by atoms with van der Waals surface area (Å²) in [5, 5.41) is 5.74. The highest BCUT2D eigenvalue weighted by atomic mass is 16.2. The molecule has 132 valence electrons. The van der Waals surface area contributed by atoms with Gasteiger partial charge in [-0.1, -0.05) is 29.8 Å². The van der Waals surface area contributed by atoms with Gasteiger partial charge in [0.15, 0.2) is 0 Å². The Morgan fingerprint density at radius 3 is 2.52 bits per heavy atom. The van der Waals surface area contributed by atoms with Crippen LogP contribution in [0.25, 0.3) is 0 Å². The lowest BCUT2D eigenvalue weighted by Gasteiger charge is -2.25. The molecule has 0 bridgehead atoms. The highest BCUT2D eigenvalue weighted by Crippen LogP contribution is 2.32. The zero-order valence-corrected chi connectivity index (χ0v) is 14.5. The van der Waals surface area contributed by atoms with Gasteiger partial charge in [0, 0.05) is 13.1 Å². The molecule has 1 aromatic rings. The fraction of sp³-hybridized carbons (Fsp3) is 0.474. The lowest BCUT2D eigenvalue weighted by Crippen LogP contribution is -2.44. The van der Waals surface area contributed by atoms with Crippen molar-refractivity contribution in [3.8, 4) is 0 Å². The number of benzene rings is 1. The van der Waals surface area contributed by atoms with Gasteiger partial charge in [0.1, 0.15) is 0 Å². The van der Waals surface area contributed by atoms with Gasteiger partial charge >= 0.3 is 6.03 Å². The molecule has 4 rings (SSSR count). The maximum Gasteiger partial charge on any atom is 0.319 e. The minimum absolute atomic E-state index is 0.0345. The zero-order chi connectivity index (χ0) is 17.4. The molecular formula is C19H24N4O2. The van der Waals surface area contributed by atoms with Crippen molar-refractivity contribution < 1.29 is 9.59 Å². The van der Waals surface area contributed by atoms with Gasteiger partial charge in [0.25, 0.3) is 5.91 Å². The lowest BCUT2D eigenvalue weighted by molar-refractivity contribution is -0.125. The smallest absolute Gasteiger partial charge is 0.319 e. The first kappa shape index (κ1) is 16.1. The number of amides is 3. The van der Waals surface area contributed by atoms with Crippen molar-refractivity contribution >= 4 is 11.9 Å². The van der Waals surface area contributed by atoms with Gasteiger partial charge < -0.3 is 20.4 Å². The molecule has 0 spiro atoms. The maximum atomic E-state index is 13.0. The van der Waals surface area contributed by atoms with E-state index in [1.54, 1.807) is 0 Å². The molecule has 0 aliphatic carbocycles. The molecule has 0 aromatic heterocycles. The van der Waals surface area contributed by atoms with Crippen LogP contribution in [0.15, 0.2) is 35.5 Å². The molecule has 0 saturated carbocycles. The van der Waals surface area contributed by atoms with Crippen molar-refractivity contribution in [3.63, 3.8) is 0 Å². The number of nitrogens with zero attached hydrogens (tertiary/aromatic N) is 2. The summed E-state index contributed by atoms with van der Waals surface area (Å²) in [4.78, 5) is 29.3. The van der Waals surface area contributed by atoms with Gasteiger partial charge in [-0.15, -0.1) is 0 Å². The average Bonchev–Trinajstić information content (AvgIpc) is 3.21. The van der Waals surface area contributed by atoms with Crippen molar-refractivity contribution in [2.75, 3.05) is 32.7 Å². The van der Waals surface area contributed by atoms with Crippen molar-refractivity contribution in [2.24, 2.45) is 0 Å². The number of hydrogen-bond acceptors (Lipinski definition) is 3. The van der Waals surface area contributed by atoms with Gasteiger partial charge in [0.2, 0.25) is 0 Å². The number of urea groups is 1. The van der Waals surface area contributed by atoms with Crippen LogP contribution in [0.2, 0.25) is 0 Å². The van der Waals surface area contributed by atoms with E-state index in [1.165, 1.54) is 12.8 Å². The molecule has 3 heterocycles. The third-order valence-electron chi connectivity index (χ3n) is 5.32. The van der Waals surface area contributed by atoms with E-state index in [9.17, 15) is 9.59 Å². The van der Waals surface area contributed by atoms with Gasteiger partial charge in [-0.3, -0.25) is 4.79 Å². The Labute approximate surface area is 147 Å². The molecule has 3 aliphatic heterocycles. The number of rotatable bonds is 4. The highest BCUT2D eigenvalue weighted by molar-refractivity contribution is 6.01. The molecule has 3 amide bonds. The molecule has 25 heavy (non-hydrogen) atoms. The Hall–Kier alpha value is -2.34. The number of nitrogens with one attached hydrogen (secondary N) is 2. The summed E-state index contributed by atoms with van der Waals surface area (Å²) in [7, 11) is 0. The van der Waals surface area contributed by atoms with Crippen molar-refractivity contribution in [3.05, 3.63) is 46.7 Å². The fourth-order valence-electron chi connectivity index (χ4n) is 3.89. The van der Waals surface area contributed by atoms with Crippen LogP contribution in [0.1, 0.15) is 30.0 Å². The predicted octanol–water partition coefficient (Wildman–Crippen LogP) is 1.54. The minimum Gasteiger partial charge on any atom is -0.332 e. The standard InChI is InChI=1S/C19H24N4O2/c1-13-4-6-14(7-5-13)17-16-15(20-19(25)21-17)12-23(18(16)24)11-10-22-8-2-3-9-22/h4-7,17H,2-3,8-12H2,1H3,(H2,20,21,25)/t17-/m0/s1. The zero-order valence-electron chi connectivity index (χ0n) is 14.5. The molecule has 6 heteroatoms. The van der Waals surface area contributed by atoms with E-state index >= 15 is 0 Å². The normalized spacial score (nSPS) is 23.7. The molecular weight excluding hydrogens is 316 g/mol. The third-order valence-corrected chi connectivity index (χ3v) is 5.32. The first-order valence-corrected chi connectivity index (χ1v) is 9.00. The Balaban J connectivity index is 1.52. The summed E-state index contributed by atoms with van der Waals surface area (Å²) < 4.78 is 0. The number of hydrogen-bond donors (Lipinski definition) is 2. The lowest BCUT2D eigenvalue weighted by atomic mass is 9.95. The van der Waals surface area contributed by atoms with E-state index < -0.39 is 0 Å². The van der Waals surface area contributed by atoms with Crippen molar-refractivity contribution in [1.29, 1.82) is 0 Å². The third kappa shape index (κ3) is 3.14. The van der Waals surface area contributed by atoms with Crippen LogP contribution in [0.3, 0.4) is 0 Å². The SMILES string of the molecule is Cc1ccc([C@@H]2NC(=O)NC3=C2C(=O)N(CCN2CCCC2)C3)cc1. The van der Waals surface area contributed by atoms with E-state index in [0.717, 1.165) is 36.5 Å². The van der Waals surface area contributed by atoms with Crippen LogP contribution in [-0.4, -0.2) is 54.5 Å². The van der Waals surface area contributed by atoms with Crippen LogP contribution in [-0.2, 0) is 4.79 Å². The Morgan fingerprint density at radius 2 is 1.80 bits per heavy atom. The fourth-order valence-corrected chi connectivity index (χ4v) is 3.89. The van der Waals surface area contributed by atoms with Crippen molar-refractivity contribution in [2.45, 2.75) is 25.8 Å². The molecule has 1 atom stereocenters. The van der Waals surface area contributed by atoms with Gasteiger partial charge in [-0.25, -0.2) is 4.79 Å². The minimum atomic E-state index is -0.367. The second-order valence-electron chi connectivity index (χ2n) is 7.11. The largest absolute Gasteiger partial charge is 0.332 e. The molecule has 3 aliphatic rings. The van der Waals surface area contributed by atoms with Crippen LogP contribution >= 0.6 is 0 Å². The summed E-state index contributed by atoms with van der Waals surface area (Å²) in [6.07, 6.45) is 2.50. The average molecular weight is 340 g/mol. The molecule has 1 fully saturated rings. The summed E-state index contributed by atoms with van der Waals surface area (Å²) in [6, 6.07) is 7.38. The Bertz CT molecular complexity index is 719. The monoisotopic (exact) mass is 340 g/mol. The first-order valence-electron chi connectivity index (χ1n) is 9.00. The van der Waals surface area contributed by atoms with Crippen LogP contribution in [0.4, 0.5) is 4.79 Å². The second kappa shape index (κ2) is 6.52. The van der Waals surface area contributed by atoms with Gasteiger partial charge in [-0.2, -0.15) is 0 Å². The van der Waals surface area contributed by atoms with Crippen LogP contribution < -0.4 is 10.6 Å². The molecule has 2 N–H and O–H groups in total. The second-order valence-corrected chi connectivity index (χ2v) is 7.11. The molecule has 0 radical (unpaired) electrons. The maximum absolute atomic E-state index is 13.0. The Kier molecular flexibility index (Phi) is 4.21. The van der Waals surface area contributed by atoms with Crippen LogP contribution in [0.5, 0.6) is 0 Å². The highest BCUT2D eigenvalue weighted by Gasteiger charge is 2.40. The number of carbonyl (C=O) groups is 2. The van der Waals surface area contributed by atoms with Gasteiger partial charge in [-0.05, 0) is 38.4 Å². The van der Waals surface area contributed by atoms with E-state index in [1.807, 2.05) is 36.1 Å². The quantitative estimate of drug-likeness (QED) is 0.874. The van der Waals surface area contributed by atoms with E-state index in [0.29, 0.717) is 18.7 Å². The van der Waals surface area contributed by atoms with E-state index in [2.05, 4.69) is 15.5 Å². The molecule has 1 saturated heterocycles.